The van der Waals surface area contributed by atoms with Crippen molar-refractivity contribution in [2.75, 3.05) is 5.32 Å². The monoisotopic (exact) mass is 355 g/mol. The summed E-state index contributed by atoms with van der Waals surface area (Å²) in [5.41, 5.74) is 2.35. The Morgan fingerprint density at radius 2 is 1.84 bits per heavy atom. The number of para-hydroxylation sites is 1. The van der Waals surface area contributed by atoms with Crippen molar-refractivity contribution < 1.29 is 15.0 Å². The fourth-order valence-corrected chi connectivity index (χ4v) is 2.96. The molecule has 0 fully saturated rings. The van der Waals surface area contributed by atoms with Gasteiger partial charge in [0.1, 0.15) is 0 Å². The first kappa shape index (κ1) is 16.8. The van der Waals surface area contributed by atoms with Gasteiger partial charge >= 0.3 is 0 Å². The molecule has 6 nitrogen and oxygen atoms in total. The van der Waals surface area contributed by atoms with Crippen molar-refractivity contribution in [3.8, 4) is 11.5 Å². The van der Waals surface area contributed by atoms with Gasteiger partial charge in [-0.25, -0.2) is 0 Å². The van der Waals surface area contributed by atoms with E-state index in [2.05, 4.69) is 16.0 Å². The number of carbonyl (C=O) groups excluding carboxylic acids is 1. The Hall–Kier alpha value is -3.06. The van der Waals surface area contributed by atoms with Crippen molar-refractivity contribution >= 4 is 28.9 Å². The van der Waals surface area contributed by atoms with E-state index in [1.54, 1.807) is 25.1 Å². The number of hydrogen-bond acceptors (Lipinski definition) is 4. The van der Waals surface area contributed by atoms with E-state index >= 15 is 0 Å². The maximum absolute atomic E-state index is 12.8. The quantitative estimate of drug-likeness (QED) is 0.429. The Labute approximate surface area is 150 Å². The fourth-order valence-electron chi connectivity index (χ4n) is 2.68. The van der Waals surface area contributed by atoms with Crippen molar-refractivity contribution in [2.24, 2.45) is 0 Å². The van der Waals surface area contributed by atoms with E-state index in [1.807, 2.05) is 18.2 Å². The molecule has 25 heavy (non-hydrogen) atoms. The lowest BCUT2D eigenvalue weighted by Crippen LogP contribution is -2.45. The highest BCUT2D eigenvalue weighted by Gasteiger charge is 2.30. The molecule has 2 aromatic carbocycles. The van der Waals surface area contributed by atoms with Crippen LogP contribution in [0.3, 0.4) is 0 Å². The molecule has 0 spiro atoms. The second kappa shape index (κ2) is 6.82. The molecule has 7 heteroatoms. The van der Waals surface area contributed by atoms with Gasteiger partial charge in [-0.15, -0.1) is 0 Å². The van der Waals surface area contributed by atoms with Crippen molar-refractivity contribution in [1.29, 1.82) is 0 Å². The topological polar surface area (TPSA) is 93.6 Å². The number of nitrogens with one attached hydrogen (secondary N) is 3. The molecule has 0 aromatic heterocycles. The van der Waals surface area contributed by atoms with Gasteiger partial charge in [0, 0.05) is 11.4 Å². The first-order valence-corrected chi connectivity index (χ1v) is 8.03. The van der Waals surface area contributed by atoms with Crippen LogP contribution in [0.4, 0.5) is 5.69 Å². The number of phenols is 2. The van der Waals surface area contributed by atoms with Crippen LogP contribution in [0, 0.1) is 0 Å². The average Bonchev–Trinajstić information content (AvgIpc) is 2.57. The van der Waals surface area contributed by atoms with Crippen molar-refractivity contribution in [2.45, 2.75) is 13.0 Å². The minimum absolute atomic E-state index is 0.226. The predicted molar refractivity (Wildman–Crippen MR) is 99.2 cm³/mol. The van der Waals surface area contributed by atoms with Crippen LogP contribution in [-0.4, -0.2) is 21.2 Å². The van der Waals surface area contributed by atoms with Gasteiger partial charge in [0.15, 0.2) is 16.6 Å². The van der Waals surface area contributed by atoms with Crippen LogP contribution in [0.25, 0.3) is 0 Å². The summed E-state index contributed by atoms with van der Waals surface area (Å²) in [5.74, 6) is -0.774. The molecule has 2 aromatic rings. The van der Waals surface area contributed by atoms with Crippen LogP contribution in [-0.2, 0) is 4.79 Å². The average molecular weight is 355 g/mol. The minimum atomic E-state index is -0.552. The molecule has 1 atom stereocenters. The fraction of sp³-hybridized carbons (Fsp3) is 0.111. The van der Waals surface area contributed by atoms with Gasteiger partial charge < -0.3 is 26.2 Å². The Kier molecular flexibility index (Phi) is 4.58. The number of thiocarbonyl (C=S) groups is 1. The van der Waals surface area contributed by atoms with Gasteiger partial charge in [0.05, 0.1) is 11.6 Å². The lowest BCUT2D eigenvalue weighted by Gasteiger charge is -2.30. The molecule has 1 aliphatic rings. The summed E-state index contributed by atoms with van der Waals surface area (Å²) >= 11 is 5.19. The van der Waals surface area contributed by atoms with E-state index in [0.29, 0.717) is 27.6 Å². The van der Waals surface area contributed by atoms with Crippen LogP contribution >= 0.6 is 12.2 Å². The van der Waals surface area contributed by atoms with Crippen LogP contribution in [0.5, 0.6) is 11.5 Å². The maximum atomic E-state index is 12.8. The number of aromatic hydroxyl groups is 2. The van der Waals surface area contributed by atoms with Gasteiger partial charge in [-0.05, 0) is 49.0 Å². The van der Waals surface area contributed by atoms with E-state index in [-0.39, 0.29) is 17.4 Å². The number of carbonyl (C=O) groups is 1. The molecule has 0 radical (unpaired) electrons. The Morgan fingerprint density at radius 3 is 2.52 bits per heavy atom. The summed E-state index contributed by atoms with van der Waals surface area (Å²) in [5, 5.41) is 28.5. The molecule has 0 saturated carbocycles. The van der Waals surface area contributed by atoms with E-state index in [0.717, 1.165) is 0 Å². The minimum Gasteiger partial charge on any atom is -0.504 e. The second-order valence-electron chi connectivity index (χ2n) is 5.64. The molecule has 1 aliphatic heterocycles. The molecule has 1 amide bonds. The Balaban J connectivity index is 1.97. The van der Waals surface area contributed by atoms with E-state index < -0.39 is 6.04 Å². The summed E-state index contributed by atoms with van der Waals surface area (Å²) < 4.78 is 0. The molecule has 0 bridgehead atoms. The van der Waals surface area contributed by atoms with Crippen molar-refractivity contribution in [3.63, 3.8) is 0 Å². The molecular weight excluding hydrogens is 338 g/mol. The summed E-state index contributed by atoms with van der Waals surface area (Å²) in [4.78, 5) is 12.8. The van der Waals surface area contributed by atoms with Gasteiger partial charge in [-0.3, -0.25) is 4.79 Å². The third-order valence-electron chi connectivity index (χ3n) is 3.88. The number of rotatable bonds is 3. The Morgan fingerprint density at radius 1 is 1.12 bits per heavy atom. The summed E-state index contributed by atoms with van der Waals surface area (Å²) in [6.07, 6.45) is 0. The highest BCUT2D eigenvalue weighted by molar-refractivity contribution is 7.80. The highest BCUT2D eigenvalue weighted by atomic mass is 32.1. The second-order valence-corrected chi connectivity index (χ2v) is 6.05. The highest BCUT2D eigenvalue weighted by Crippen LogP contribution is 2.33. The molecule has 5 N–H and O–H groups in total. The summed E-state index contributed by atoms with van der Waals surface area (Å²) in [7, 11) is 0. The lowest BCUT2D eigenvalue weighted by molar-refractivity contribution is -0.113. The molecule has 3 rings (SSSR count). The first-order valence-electron chi connectivity index (χ1n) is 7.62. The molecule has 0 aliphatic carbocycles. The molecule has 0 saturated heterocycles. The smallest absolute Gasteiger partial charge is 0.255 e. The van der Waals surface area contributed by atoms with E-state index in [9.17, 15) is 15.0 Å². The van der Waals surface area contributed by atoms with Crippen molar-refractivity contribution in [3.05, 3.63) is 65.4 Å². The number of amides is 1. The van der Waals surface area contributed by atoms with E-state index in [4.69, 9.17) is 12.2 Å². The first-order chi connectivity index (χ1) is 12.0. The number of hydrogen-bond donors (Lipinski definition) is 5. The van der Waals surface area contributed by atoms with Crippen molar-refractivity contribution in [1.82, 2.24) is 10.6 Å². The molecule has 128 valence electrons. The molecule has 0 unspecified atom stereocenters. The van der Waals surface area contributed by atoms with E-state index in [1.165, 1.54) is 12.1 Å². The van der Waals surface area contributed by atoms with Crippen LogP contribution in [0.15, 0.2) is 59.8 Å². The Bertz CT molecular complexity index is 865. The molecule has 1 heterocycles. The third kappa shape index (κ3) is 3.56. The standard InChI is InChI=1S/C18H17N3O3S/c1-10-15(17(24)20-12-5-3-2-4-6-12)16(21-18(25)19-10)11-7-8-13(22)14(23)9-11/h2-9,16,22-23H,1H3,(H,20,24)(H2,19,21,25)/t16-/m0/s1. The normalized spacial score (nSPS) is 16.8. The zero-order valence-corrected chi connectivity index (χ0v) is 14.2. The third-order valence-corrected chi connectivity index (χ3v) is 4.10. The zero-order chi connectivity index (χ0) is 18.0. The zero-order valence-electron chi connectivity index (χ0n) is 13.4. The predicted octanol–water partition coefficient (Wildman–Crippen LogP) is 2.53. The lowest BCUT2D eigenvalue weighted by atomic mass is 9.94. The van der Waals surface area contributed by atoms with Crippen LogP contribution in [0.2, 0.25) is 0 Å². The van der Waals surface area contributed by atoms with Gasteiger partial charge in [-0.2, -0.15) is 0 Å². The van der Waals surface area contributed by atoms with Crippen LogP contribution in [0.1, 0.15) is 18.5 Å². The number of anilines is 1. The van der Waals surface area contributed by atoms with Gasteiger partial charge in [-0.1, -0.05) is 24.3 Å². The van der Waals surface area contributed by atoms with Crippen LogP contribution < -0.4 is 16.0 Å². The largest absolute Gasteiger partial charge is 0.504 e. The molecular formula is C18H17N3O3S. The van der Waals surface area contributed by atoms with Gasteiger partial charge in [0.2, 0.25) is 0 Å². The number of benzene rings is 2. The number of phenolic OH excluding ortho intramolecular Hbond substituents is 2. The van der Waals surface area contributed by atoms with Gasteiger partial charge in [0.25, 0.3) is 5.91 Å². The summed E-state index contributed by atoms with van der Waals surface area (Å²) in [6, 6.07) is 13.0. The maximum Gasteiger partial charge on any atom is 0.255 e. The number of allylic oxidation sites excluding steroid dienone is 1. The SMILES string of the molecule is CC1=C(C(=O)Nc2ccccc2)[C@H](c2ccc(O)c(O)c2)NC(=S)N1. The summed E-state index contributed by atoms with van der Waals surface area (Å²) in [6.45, 7) is 1.76.